The molecule has 1 rings (SSSR count). The fourth-order valence-corrected chi connectivity index (χ4v) is 1.64. The van der Waals surface area contributed by atoms with Crippen LogP contribution in [0.25, 0.3) is 0 Å². The van der Waals surface area contributed by atoms with Gasteiger partial charge in [-0.25, -0.2) is 4.98 Å². The number of nitrogens with one attached hydrogen (secondary N) is 1. The lowest BCUT2D eigenvalue weighted by Crippen LogP contribution is -2.44. The van der Waals surface area contributed by atoms with E-state index in [9.17, 15) is 4.79 Å². The van der Waals surface area contributed by atoms with Crippen molar-refractivity contribution >= 4 is 5.82 Å². The Kier molecular flexibility index (Phi) is 4.90. The van der Waals surface area contributed by atoms with Crippen LogP contribution in [0.5, 0.6) is 0 Å². The third-order valence-electron chi connectivity index (χ3n) is 3.13. The molecule has 1 unspecified atom stereocenters. The molecule has 0 amide bonds. The molecule has 0 spiro atoms. The molecule has 1 heterocycles. The van der Waals surface area contributed by atoms with Crippen LogP contribution >= 0.6 is 0 Å². The maximum absolute atomic E-state index is 12.2. The summed E-state index contributed by atoms with van der Waals surface area (Å²) in [7, 11) is 0. The number of hydrogen-bond acceptors (Lipinski definition) is 4. The average molecular weight is 252 g/mol. The van der Waals surface area contributed by atoms with Gasteiger partial charge in [0.25, 0.3) is 5.56 Å². The molecule has 0 aliphatic heterocycles. The zero-order chi connectivity index (χ0) is 13.8. The van der Waals surface area contributed by atoms with E-state index in [4.69, 9.17) is 5.73 Å². The molecule has 1 atom stereocenters. The van der Waals surface area contributed by atoms with Gasteiger partial charge in [-0.3, -0.25) is 4.79 Å². The Labute approximate surface area is 108 Å². The highest BCUT2D eigenvalue weighted by Crippen LogP contribution is 2.12. The normalized spacial score (nSPS) is 14.6. The molecule has 102 valence electrons. The van der Waals surface area contributed by atoms with Crippen molar-refractivity contribution in [3.05, 3.63) is 22.7 Å². The lowest BCUT2D eigenvalue weighted by Gasteiger charge is -2.28. The first-order valence-corrected chi connectivity index (χ1v) is 6.45. The van der Waals surface area contributed by atoms with E-state index in [1.807, 2.05) is 13.8 Å². The second-order valence-corrected chi connectivity index (χ2v) is 5.37. The van der Waals surface area contributed by atoms with Crippen LogP contribution in [0.2, 0.25) is 0 Å². The van der Waals surface area contributed by atoms with Crippen molar-refractivity contribution in [3.8, 4) is 0 Å². The van der Waals surface area contributed by atoms with Gasteiger partial charge in [-0.05, 0) is 19.3 Å². The minimum Gasteiger partial charge on any atom is -0.359 e. The van der Waals surface area contributed by atoms with Crippen LogP contribution in [-0.2, 0) is 6.54 Å². The van der Waals surface area contributed by atoms with Crippen LogP contribution in [0.1, 0.15) is 34.1 Å². The molecule has 18 heavy (non-hydrogen) atoms. The Morgan fingerprint density at radius 2 is 2.22 bits per heavy atom. The molecule has 1 aromatic heterocycles. The monoisotopic (exact) mass is 252 g/mol. The summed E-state index contributed by atoms with van der Waals surface area (Å²) in [5.41, 5.74) is 5.36. The molecule has 0 aromatic carbocycles. The van der Waals surface area contributed by atoms with E-state index in [1.165, 1.54) is 0 Å². The Morgan fingerprint density at radius 3 is 2.72 bits per heavy atom. The van der Waals surface area contributed by atoms with Gasteiger partial charge in [0.2, 0.25) is 0 Å². The number of anilines is 1. The number of nitrogens with zero attached hydrogens (tertiary/aromatic N) is 2. The van der Waals surface area contributed by atoms with Crippen LogP contribution in [0, 0.1) is 5.92 Å². The van der Waals surface area contributed by atoms with E-state index >= 15 is 0 Å². The van der Waals surface area contributed by atoms with Crippen LogP contribution in [-0.4, -0.2) is 21.6 Å². The molecule has 1 aromatic rings. The minimum absolute atomic E-state index is 0.0840. The summed E-state index contributed by atoms with van der Waals surface area (Å²) in [4.78, 5) is 16.3. The molecule has 0 fully saturated rings. The molecule has 0 radical (unpaired) electrons. The van der Waals surface area contributed by atoms with Gasteiger partial charge in [0.15, 0.2) is 5.82 Å². The number of hydrogen-bond donors (Lipinski definition) is 2. The number of aromatic nitrogens is 2. The molecule has 3 N–H and O–H groups in total. The van der Waals surface area contributed by atoms with E-state index in [0.29, 0.717) is 24.8 Å². The second-order valence-electron chi connectivity index (χ2n) is 5.37. The molecule has 0 aliphatic carbocycles. The van der Waals surface area contributed by atoms with Crippen molar-refractivity contribution < 1.29 is 0 Å². The smallest absolute Gasteiger partial charge is 0.293 e. The van der Waals surface area contributed by atoms with Gasteiger partial charge in [-0.1, -0.05) is 20.8 Å². The average Bonchev–Trinajstić information content (AvgIpc) is 2.33. The van der Waals surface area contributed by atoms with E-state index in [2.05, 4.69) is 24.1 Å². The quantitative estimate of drug-likeness (QED) is 0.803. The van der Waals surface area contributed by atoms with Crippen molar-refractivity contribution in [1.82, 2.24) is 9.55 Å². The molecular formula is C13H24N4O. The van der Waals surface area contributed by atoms with Crippen molar-refractivity contribution in [1.29, 1.82) is 0 Å². The third-order valence-corrected chi connectivity index (χ3v) is 3.13. The zero-order valence-corrected chi connectivity index (χ0v) is 11.7. The van der Waals surface area contributed by atoms with Gasteiger partial charge in [-0.2, -0.15) is 0 Å². The predicted octanol–water partition coefficient (Wildman–Crippen LogP) is 1.44. The van der Waals surface area contributed by atoms with Gasteiger partial charge in [-0.15, -0.1) is 0 Å². The summed E-state index contributed by atoms with van der Waals surface area (Å²) >= 11 is 0. The van der Waals surface area contributed by atoms with E-state index in [0.717, 1.165) is 6.42 Å². The molecule has 5 heteroatoms. The zero-order valence-electron chi connectivity index (χ0n) is 11.7. The Balaban J connectivity index is 3.01. The van der Waals surface area contributed by atoms with E-state index in [-0.39, 0.29) is 11.1 Å². The van der Waals surface area contributed by atoms with Gasteiger partial charge in [0.05, 0.1) is 0 Å². The fourth-order valence-electron chi connectivity index (χ4n) is 1.64. The molecule has 0 saturated carbocycles. The third kappa shape index (κ3) is 3.57. The summed E-state index contributed by atoms with van der Waals surface area (Å²) in [5, 5.41) is 3.17. The van der Waals surface area contributed by atoms with Gasteiger partial charge >= 0.3 is 0 Å². The molecule has 0 bridgehead atoms. The molecular weight excluding hydrogens is 228 g/mol. The summed E-state index contributed by atoms with van der Waals surface area (Å²) in [5.74, 6) is 0.804. The first-order chi connectivity index (χ1) is 8.41. The highest BCUT2D eigenvalue weighted by molar-refractivity contribution is 5.34. The van der Waals surface area contributed by atoms with Crippen molar-refractivity contribution in [2.75, 3.05) is 11.9 Å². The lowest BCUT2D eigenvalue weighted by molar-refractivity contribution is 0.492. The van der Waals surface area contributed by atoms with Crippen LogP contribution < -0.4 is 16.6 Å². The largest absolute Gasteiger partial charge is 0.359 e. The van der Waals surface area contributed by atoms with Gasteiger partial charge in [0, 0.05) is 31.0 Å². The lowest BCUT2D eigenvalue weighted by atomic mass is 9.99. The van der Waals surface area contributed by atoms with E-state index in [1.54, 1.807) is 17.0 Å². The first-order valence-electron chi connectivity index (χ1n) is 6.45. The summed E-state index contributed by atoms with van der Waals surface area (Å²) in [6.07, 6.45) is 4.21. The topological polar surface area (TPSA) is 72.9 Å². The fraction of sp³-hybridized carbons (Fsp3) is 0.692. The molecule has 0 saturated heterocycles. The Bertz CT molecular complexity index is 435. The highest BCUT2D eigenvalue weighted by atomic mass is 16.1. The Morgan fingerprint density at radius 1 is 1.56 bits per heavy atom. The number of rotatable bonds is 6. The second kappa shape index (κ2) is 6.00. The minimum atomic E-state index is -0.289. The van der Waals surface area contributed by atoms with Crippen molar-refractivity contribution in [2.24, 2.45) is 11.7 Å². The highest BCUT2D eigenvalue weighted by Gasteiger charge is 2.21. The standard InChI is InChI=1S/C13H24N4O/c1-5-13(4,9-14)16-11-12(18)17(7-6-15-11)8-10(2)3/h6-7,10H,5,8-9,14H2,1-4H3,(H,15,16). The predicted molar refractivity (Wildman–Crippen MR) is 74.7 cm³/mol. The number of nitrogens with two attached hydrogens (primary N) is 1. The van der Waals surface area contributed by atoms with Gasteiger partial charge in [0.1, 0.15) is 0 Å². The molecule has 0 aliphatic rings. The van der Waals surface area contributed by atoms with E-state index < -0.39 is 0 Å². The van der Waals surface area contributed by atoms with Crippen LogP contribution in [0.15, 0.2) is 17.2 Å². The summed E-state index contributed by atoms with van der Waals surface area (Å²) < 4.78 is 1.69. The summed E-state index contributed by atoms with van der Waals surface area (Å²) in [6, 6.07) is 0. The SMILES string of the molecule is CCC(C)(CN)Nc1nccn(CC(C)C)c1=O. The summed E-state index contributed by atoms with van der Waals surface area (Å²) in [6.45, 7) is 9.35. The first kappa shape index (κ1) is 14.7. The van der Waals surface area contributed by atoms with Crippen LogP contribution in [0.3, 0.4) is 0 Å². The van der Waals surface area contributed by atoms with Crippen molar-refractivity contribution in [2.45, 2.75) is 46.2 Å². The van der Waals surface area contributed by atoms with Crippen molar-refractivity contribution in [3.63, 3.8) is 0 Å². The van der Waals surface area contributed by atoms with Gasteiger partial charge < -0.3 is 15.6 Å². The maximum atomic E-state index is 12.2. The molecule has 5 nitrogen and oxygen atoms in total. The van der Waals surface area contributed by atoms with Crippen LogP contribution in [0.4, 0.5) is 5.82 Å². The maximum Gasteiger partial charge on any atom is 0.293 e. The Hall–Kier alpha value is -1.36.